The molecule has 0 amide bonds. The second-order valence-electron chi connectivity index (χ2n) is 4.29. The average molecular weight is 239 g/mol. The van der Waals surface area contributed by atoms with E-state index in [2.05, 4.69) is 10.1 Å². The van der Waals surface area contributed by atoms with Gasteiger partial charge in [0.25, 0.3) is 0 Å². The summed E-state index contributed by atoms with van der Waals surface area (Å²) in [4.78, 5) is 16.1. The van der Waals surface area contributed by atoms with E-state index in [0.29, 0.717) is 25.6 Å². The van der Waals surface area contributed by atoms with E-state index in [1.807, 2.05) is 13.8 Å². The first-order valence-corrected chi connectivity index (χ1v) is 5.79. The van der Waals surface area contributed by atoms with Crippen LogP contribution in [0.1, 0.15) is 25.7 Å². The monoisotopic (exact) mass is 239 g/mol. The van der Waals surface area contributed by atoms with Crippen LogP contribution >= 0.6 is 0 Å². The van der Waals surface area contributed by atoms with Crippen LogP contribution in [0.25, 0.3) is 0 Å². The molecule has 1 saturated heterocycles. The Bertz CT molecular complexity index is 383. The summed E-state index contributed by atoms with van der Waals surface area (Å²) in [5, 5.41) is 4.10. The summed E-state index contributed by atoms with van der Waals surface area (Å²) in [6, 6.07) is 0.198. The Kier molecular flexibility index (Phi) is 3.86. The third-order valence-electron chi connectivity index (χ3n) is 2.64. The maximum Gasteiger partial charge on any atom is 0.171 e. The van der Waals surface area contributed by atoms with Gasteiger partial charge in [-0.25, -0.2) is 9.67 Å². The molecule has 1 unspecified atom stereocenters. The van der Waals surface area contributed by atoms with Crippen molar-refractivity contribution in [1.29, 1.82) is 0 Å². The molecule has 6 nitrogen and oxygen atoms in total. The third-order valence-corrected chi connectivity index (χ3v) is 2.64. The fourth-order valence-electron chi connectivity index (χ4n) is 1.78. The first-order chi connectivity index (χ1) is 8.18. The topological polar surface area (TPSA) is 66.2 Å². The van der Waals surface area contributed by atoms with Crippen molar-refractivity contribution in [3.8, 4) is 0 Å². The van der Waals surface area contributed by atoms with Crippen LogP contribution in [0.5, 0.6) is 0 Å². The molecule has 0 aromatic carbocycles. The lowest BCUT2D eigenvalue weighted by Gasteiger charge is -2.21. The summed E-state index contributed by atoms with van der Waals surface area (Å²) in [6.45, 7) is 5.39. The second kappa shape index (κ2) is 5.37. The Labute approximate surface area is 99.9 Å². The van der Waals surface area contributed by atoms with Crippen molar-refractivity contribution in [2.24, 2.45) is 0 Å². The van der Waals surface area contributed by atoms with E-state index in [4.69, 9.17) is 9.47 Å². The van der Waals surface area contributed by atoms with Crippen LogP contribution in [-0.2, 0) is 20.7 Å². The molecule has 17 heavy (non-hydrogen) atoms. The number of ether oxygens (including phenoxy) is 2. The van der Waals surface area contributed by atoms with Crippen LogP contribution in [0.4, 0.5) is 0 Å². The second-order valence-corrected chi connectivity index (χ2v) is 4.29. The van der Waals surface area contributed by atoms with Gasteiger partial charge in [-0.3, -0.25) is 4.79 Å². The maximum atomic E-state index is 12.0. The van der Waals surface area contributed by atoms with Crippen molar-refractivity contribution in [1.82, 2.24) is 14.8 Å². The van der Waals surface area contributed by atoms with Gasteiger partial charge in [0.05, 0.1) is 26.2 Å². The first-order valence-electron chi connectivity index (χ1n) is 5.79. The van der Waals surface area contributed by atoms with E-state index < -0.39 is 6.10 Å². The maximum absolute atomic E-state index is 12.0. The first kappa shape index (κ1) is 12.2. The molecule has 0 N–H and O–H groups in total. The lowest BCUT2D eigenvalue weighted by molar-refractivity contribution is -0.144. The van der Waals surface area contributed by atoms with Gasteiger partial charge in [-0.15, -0.1) is 0 Å². The predicted molar refractivity (Wildman–Crippen MR) is 59.7 cm³/mol. The molecule has 0 radical (unpaired) electrons. The minimum absolute atomic E-state index is 0.000370. The van der Waals surface area contributed by atoms with E-state index in [9.17, 15) is 4.79 Å². The lowest BCUT2D eigenvalue weighted by Crippen LogP contribution is -2.36. The van der Waals surface area contributed by atoms with Crippen molar-refractivity contribution >= 4 is 5.78 Å². The van der Waals surface area contributed by atoms with E-state index in [-0.39, 0.29) is 18.2 Å². The summed E-state index contributed by atoms with van der Waals surface area (Å²) < 4.78 is 12.3. The van der Waals surface area contributed by atoms with Crippen LogP contribution in [0.15, 0.2) is 6.33 Å². The number of aromatic nitrogens is 3. The average Bonchev–Trinajstić information content (AvgIpc) is 2.78. The Balaban J connectivity index is 1.99. The third kappa shape index (κ3) is 2.89. The molecule has 2 heterocycles. The van der Waals surface area contributed by atoms with Gasteiger partial charge in [0.2, 0.25) is 0 Å². The number of hydrogen-bond acceptors (Lipinski definition) is 5. The number of carbonyl (C=O) groups excluding carboxylic acids is 1. The van der Waals surface area contributed by atoms with Gasteiger partial charge in [0.1, 0.15) is 18.3 Å². The van der Waals surface area contributed by atoms with Gasteiger partial charge in [0.15, 0.2) is 5.78 Å². The summed E-state index contributed by atoms with van der Waals surface area (Å²) in [5.74, 6) is 0.679. The Morgan fingerprint density at radius 2 is 2.41 bits per heavy atom. The summed E-state index contributed by atoms with van der Waals surface area (Å²) >= 11 is 0. The van der Waals surface area contributed by atoms with Crippen LogP contribution in [-0.4, -0.2) is 46.5 Å². The van der Waals surface area contributed by atoms with Crippen LogP contribution < -0.4 is 0 Å². The van der Waals surface area contributed by atoms with Gasteiger partial charge in [-0.2, -0.15) is 5.10 Å². The van der Waals surface area contributed by atoms with E-state index in [1.165, 1.54) is 6.33 Å². The lowest BCUT2D eigenvalue weighted by atomic mass is 10.1. The number of carbonyl (C=O) groups is 1. The van der Waals surface area contributed by atoms with Gasteiger partial charge < -0.3 is 9.47 Å². The van der Waals surface area contributed by atoms with Crippen molar-refractivity contribution in [3.63, 3.8) is 0 Å². The molecular weight excluding hydrogens is 222 g/mol. The normalized spacial score (nSPS) is 20.8. The zero-order valence-corrected chi connectivity index (χ0v) is 10.1. The smallest absolute Gasteiger partial charge is 0.171 e. The van der Waals surface area contributed by atoms with Crippen LogP contribution in [0, 0.1) is 0 Å². The highest BCUT2D eigenvalue weighted by atomic mass is 16.6. The van der Waals surface area contributed by atoms with Gasteiger partial charge in [0, 0.05) is 6.04 Å². The molecule has 6 heteroatoms. The van der Waals surface area contributed by atoms with Crippen LogP contribution in [0.3, 0.4) is 0 Å². The minimum Gasteiger partial charge on any atom is -0.376 e. The standard InChI is InChI=1S/C11H17N3O3/c1-8(2)14-11(12-7-13-14)5-9(15)10-6-16-3-4-17-10/h7-8,10H,3-6H2,1-2H3. The highest BCUT2D eigenvalue weighted by Gasteiger charge is 2.24. The highest BCUT2D eigenvalue weighted by molar-refractivity contribution is 5.84. The Morgan fingerprint density at radius 3 is 3.06 bits per heavy atom. The van der Waals surface area contributed by atoms with Crippen molar-refractivity contribution < 1.29 is 14.3 Å². The Hall–Kier alpha value is -1.27. The molecule has 94 valence electrons. The molecule has 1 aliphatic rings. The molecule has 1 atom stereocenters. The molecular formula is C11H17N3O3. The fraction of sp³-hybridized carbons (Fsp3) is 0.727. The molecule has 1 aromatic rings. The summed E-state index contributed by atoms with van der Waals surface area (Å²) in [6.07, 6.45) is 1.26. The zero-order chi connectivity index (χ0) is 12.3. The van der Waals surface area contributed by atoms with E-state index in [1.54, 1.807) is 4.68 Å². The molecule has 0 saturated carbocycles. The largest absolute Gasteiger partial charge is 0.376 e. The quantitative estimate of drug-likeness (QED) is 0.760. The summed E-state index contributed by atoms with van der Waals surface area (Å²) in [7, 11) is 0. The minimum atomic E-state index is -0.457. The predicted octanol–water partition coefficient (Wildman–Crippen LogP) is 0.386. The van der Waals surface area contributed by atoms with E-state index >= 15 is 0 Å². The summed E-state index contributed by atoms with van der Waals surface area (Å²) in [5.41, 5.74) is 0. The van der Waals surface area contributed by atoms with Gasteiger partial charge in [-0.05, 0) is 13.8 Å². The molecule has 0 bridgehead atoms. The van der Waals surface area contributed by atoms with E-state index in [0.717, 1.165) is 0 Å². The molecule has 1 aliphatic heterocycles. The number of nitrogens with zero attached hydrogens (tertiary/aromatic N) is 3. The van der Waals surface area contributed by atoms with Crippen molar-refractivity contribution in [2.75, 3.05) is 19.8 Å². The van der Waals surface area contributed by atoms with Crippen molar-refractivity contribution in [3.05, 3.63) is 12.2 Å². The van der Waals surface area contributed by atoms with Crippen LogP contribution in [0.2, 0.25) is 0 Å². The number of hydrogen-bond donors (Lipinski definition) is 0. The van der Waals surface area contributed by atoms with Gasteiger partial charge >= 0.3 is 0 Å². The zero-order valence-electron chi connectivity index (χ0n) is 10.1. The van der Waals surface area contributed by atoms with Crippen molar-refractivity contribution in [2.45, 2.75) is 32.4 Å². The highest BCUT2D eigenvalue weighted by Crippen LogP contribution is 2.09. The molecule has 0 spiro atoms. The molecule has 0 aliphatic carbocycles. The SMILES string of the molecule is CC(C)n1ncnc1CC(=O)C1COCCO1. The molecule has 1 aromatic heterocycles. The Morgan fingerprint density at radius 1 is 1.59 bits per heavy atom. The fourth-order valence-corrected chi connectivity index (χ4v) is 1.78. The number of rotatable bonds is 4. The molecule has 1 fully saturated rings. The number of Topliss-reactive ketones (excluding diaryl/α,β-unsaturated/α-hetero) is 1. The molecule has 2 rings (SSSR count). The van der Waals surface area contributed by atoms with Gasteiger partial charge in [-0.1, -0.05) is 0 Å². The number of ketones is 1.